The summed E-state index contributed by atoms with van der Waals surface area (Å²) in [5.74, 6) is 0.0817. The molecule has 2 unspecified atom stereocenters. The van der Waals surface area contributed by atoms with Crippen LogP contribution in [0.4, 0.5) is 0 Å². The van der Waals surface area contributed by atoms with Gasteiger partial charge in [-0.05, 0) is 43.4 Å². The van der Waals surface area contributed by atoms with Gasteiger partial charge in [0.25, 0.3) is 0 Å². The molecule has 0 spiro atoms. The van der Waals surface area contributed by atoms with E-state index in [1.54, 1.807) is 0 Å². The quantitative estimate of drug-likeness (QED) is 0.848. The highest BCUT2D eigenvalue weighted by Crippen LogP contribution is 2.34. The van der Waals surface area contributed by atoms with E-state index >= 15 is 0 Å². The Hall–Kier alpha value is -1.10. The second kappa shape index (κ2) is 7.78. The van der Waals surface area contributed by atoms with Crippen LogP contribution in [-0.2, 0) is 4.79 Å². The van der Waals surface area contributed by atoms with E-state index in [2.05, 4.69) is 0 Å². The van der Waals surface area contributed by atoms with Crippen molar-refractivity contribution in [1.82, 2.24) is 4.90 Å². The summed E-state index contributed by atoms with van der Waals surface area (Å²) in [4.78, 5) is 14.1. The Kier molecular flexibility index (Phi) is 6.03. The first-order chi connectivity index (χ1) is 10.2. The normalized spacial score (nSPS) is 20.6. The Morgan fingerprint density at radius 3 is 2.62 bits per heavy atom. The fourth-order valence-electron chi connectivity index (χ4n) is 3.00. The first-order valence-electron chi connectivity index (χ1n) is 7.45. The zero-order valence-corrected chi connectivity index (χ0v) is 12.8. The Morgan fingerprint density at radius 1 is 1.29 bits per heavy atom. The van der Waals surface area contributed by atoms with Crippen LogP contribution in [-0.4, -0.2) is 40.3 Å². The minimum absolute atomic E-state index is 0.0145. The lowest BCUT2D eigenvalue weighted by molar-refractivity contribution is -0.141. The van der Waals surface area contributed by atoms with Crippen LogP contribution in [0.3, 0.4) is 0 Å². The van der Waals surface area contributed by atoms with Crippen molar-refractivity contribution < 1.29 is 15.0 Å². The summed E-state index contributed by atoms with van der Waals surface area (Å²) in [6.45, 7) is -0.0000280. The maximum atomic E-state index is 12.3. The van der Waals surface area contributed by atoms with Gasteiger partial charge in [0.15, 0.2) is 0 Å². The molecule has 21 heavy (non-hydrogen) atoms. The number of carbonyl (C=O) groups is 1. The number of hydrogen-bond donors (Lipinski definition) is 2. The second-order valence-electron chi connectivity index (χ2n) is 5.46. The molecule has 5 heteroatoms. The molecule has 0 aromatic heterocycles. The predicted molar refractivity (Wildman–Crippen MR) is 82.1 cm³/mol. The summed E-state index contributed by atoms with van der Waals surface area (Å²) in [5, 5.41) is 19.3. The van der Waals surface area contributed by atoms with Crippen LogP contribution in [0.15, 0.2) is 24.3 Å². The van der Waals surface area contributed by atoms with Gasteiger partial charge in [-0.2, -0.15) is 0 Å². The maximum Gasteiger partial charge on any atom is 0.223 e. The van der Waals surface area contributed by atoms with Crippen molar-refractivity contribution in [3.8, 4) is 0 Å². The molecule has 2 rings (SSSR count). The number of aliphatic hydroxyl groups is 2. The number of halogens is 1. The molecule has 1 saturated heterocycles. The molecule has 0 bridgehead atoms. The van der Waals surface area contributed by atoms with Crippen molar-refractivity contribution in [3.63, 3.8) is 0 Å². The summed E-state index contributed by atoms with van der Waals surface area (Å²) in [7, 11) is 0. The van der Waals surface area contributed by atoms with Gasteiger partial charge in [-0.3, -0.25) is 4.79 Å². The summed E-state index contributed by atoms with van der Waals surface area (Å²) in [6, 6.07) is 7.30. The zero-order valence-electron chi connectivity index (χ0n) is 12.0. The molecular formula is C16H22ClNO3. The van der Waals surface area contributed by atoms with Crippen LogP contribution in [0.2, 0.25) is 5.02 Å². The van der Waals surface area contributed by atoms with Crippen molar-refractivity contribution in [2.45, 2.75) is 44.2 Å². The van der Waals surface area contributed by atoms with Crippen LogP contribution in [0.25, 0.3) is 0 Å². The van der Waals surface area contributed by atoms with Crippen molar-refractivity contribution in [2.75, 3.05) is 13.2 Å². The molecule has 1 aromatic rings. The molecule has 0 aliphatic carbocycles. The molecule has 1 aliphatic rings. The largest absolute Gasteiger partial charge is 0.396 e. The molecule has 2 N–H and O–H groups in total. The average Bonchev–Trinajstić information content (AvgIpc) is 2.50. The summed E-state index contributed by atoms with van der Waals surface area (Å²) in [5.41, 5.74) is 1.05. The van der Waals surface area contributed by atoms with Crippen LogP contribution in [0, 0.1) is 0 Å². The third-order valence-corrected chi connectivity index (χ3v) is 4.30. The number of carbonyl (C=O) groups excluding carboxylic acids is 1. The molecule has 1 fully saturated rings. The fraction of sp³-hybridized carbons (Fsp3) is 0.562. The summed E-state index contributed by atoms with van der Waals surface area (Å²) >= 11 is 5.93. The number of nitrogens with zero attached hydrogens (tertiary/aromatic N) is 1. The first-order valence-corrected chi connectivity index (χ1v) is 7.83. The molecule has 4 nitrogen and oxygen atoms in total. The highest BCUT2D eigenvalue weighted by atomic mass is 35.5. The standard InChI is InChI=1S/C16H22ClNO3/c17-13-8-6-12(7-9-13)15-4-1-5-16(21)18(15)14(11-20)3-2-10-19/h6-9,14-15,19-20H,1-5,10-11H2. The Morgan fingerprint density at radius 2 is 2.00 bits per heavy atom. The van der Waals surface area contributed by atoms with E-state index in [1.165, 1.54) is 0 Å². The van der Waals surface area contributed by atoms with Crippen LogP contribution < -0.4 is 0 Å². The number of aliphatic hydroxyl groups excluding tert-OH is 2. The van der Waals surface area contributed by atoms with Crippen molar-refractivity contribution in [3.05, 3.63) is 34.9 Å². The lowest BCUT2D eigenvalue weighted by Crippen LogP contribution is -2.47. The van der Waals surface area contributed by atoms with E-state index in [1.807, 2.05) is 29.2 Å². The monoisotopic (exact) mass is 311 g/mol. The molecule has 116 valence electrons. The molecule has 1 amide bonds. The van der Waals surface area contributed by atoms with E-state index in [4.69, 9.17) is 16.7 Å². The van der Waals surface area contributed by atoms with Crippen molar-refractivity contribution in [2.24, 2.45) is 0 Å². The minimum Gasteiger partial charge on any atom is -0.396 e. The van der Waals surface area contributed by atoms with Gasteiger partial charge in [-0.25, -0.2) is 0 Å². The van der Waals surface area contributed by atoms with Gasteiger partial charge in [0, 0.05) is 18.1 Å². The Balaban J connectivity index is 2.23. The smallest absolute Gasteiger partial charge is 0.223 e. The van der Waals surface area contributed by atoms with Gasteiger partial charge in [-0.1, -0.05) is 23.7 Å². The zero-order chi connectivity index (χ0) is 15.2. The fourth-order valence-corrected chi connectivity index (χ4v) is 3.13. The van der Waals surface area contributed by atoms with E-state index in [0.717, 1.165) is 18.4 Å². The Bertz CT molecular complexity index is 463. The number of benzene rings is 1. The lowest BCUT2D eigenvalue weighted by Gasteiger charge is -2.41. The third kappa shape index (κ3) is 3.96. The van der Waals surface area contributed by atoms with E-state index in [0.29, 0.717) is 24.3 Å². The van der Waals surface area contributed by atoms with Crippen LogP contribution in [0.1, 0.15) is 43.7 Å². The Labute approximate surface area is 130 Å². The molecule has 2 atom stereocenters. The van der Waals surface area contributed by atoms with Gasteiger partial charge in [0.1, 0.15) is 0 Å². The van der Waals surface area contributed by atoms with Gasteiger partial charge in [0.05, 0.1) is 18.7 Å². The SMILES string of the molecule is O=C1CCCC(c2ccc(Cl)cc2)N1C(CO)CCCO. The van der Waals surface area contributed by atoms with Gasteiger partial charge >= 0.3 is 0 Å². The van der Waals surface area contributed by atoms with Gasteiger partial charge in [0.2, 0.25) is 5.91 Å². The minimum atomic E-state index is -0.231. The first kappa shape index (κ1) is 16.3. The maximum absolute atomic E-state index is 12.3. The van der Waals surface area contributed by atoms with E-state index in [9.17, 15) is 9.90 Å². The average molecular weight is 312 g/mol. The van der Waals surface area contributed by atoms with E-state index in [-0.39, 0.29) is 31.2 Å². The van der Waals surface area contributed by atoms with Crippen LogP contribution >= 0.6 is 11.6 Å². The number of amides is 1. The highest BCUT2D eigenvalue weighted by Gasteiger charge is 2.33. The summed E-state index contributed by atoms with van der Waals surface area (Å²) < 4.78 is 0. The van der Waals surface area contributed by atoms with Crippen LogP contribution in [0.5, 0.6) is 0 Å². The highest BCUT2D eigenvalue weighted by molar-refractivity contribution is 6.30. The molecule has 0 radical (unpaired) electrons. The number of piperidine rings is 1. The molecule has 1 heterocycles. The molecule has 0 saturated carbocycles. The number of hydrogen-bond acceptors (Lipinski definition) is 3. The van der Waals surface area contributed by atoms with Crippen molar-refractivity contribution >= 4 is 17.5 Å². The topological polar surface area (TPSA) is 60.8 Å². The summed E-state index contributed by atoms with van der Waals surface area (Å²) in [6.07, 6.45) is 3.48. The lowest BCUT2D eigenvalue weighted by atomic mass is 9.92. The van der Waals surface area contributed by atoms with E-state index < -0.39 is 0 Å². The third-order valence-electron chi connectivity index (χ3n) is 4.05. The van der Waals surface area contributed by atoms with Gasteiger partial charge in [-0.15, -0.1) is 0 Å². The second-order valence-corrected chi connectivity index (χ2v) is 5.90. The van der Waals surface area contributed by atoms with Crippen molar-refractivity contribution in [1.29, 1.82) is 0 Å². The number of likely N-dealkylation sites (tertiary alicyclic amines) is 1. The molecule has 1 aliphatic heterocycles. The predicted octanol–water partition coefficient (Wildman–Crippen LogP) is 2.53. The molecular weight excluding hydrogens is 290 g/mol. The van der Waals surface area contributed by atoms with Gasteiger partial charge < -0.3 is 15.1 Å². The number of rotatable bonds is 6. The molecule has 1 aromatic carbocycles.